The fraction of sp³-hybridized carbons (Fsp3) is 0.533. The maximum absolute atomic E-state index is 11.9. The van der Waals surface area contributed by atoms with E-state index in [9.17, 15) is 4.79 Å². The van der Waals surface area contributed by atoms with E-state index in [0.29, 0.717) is 12.6 Å². The first-order valence-electron chi connectivity index (χ1n) is 7.20. The average molecular weight is 340 g/mol. The maximum Gasteiger partial charge on any atom is 0.238 e. The third kappa shape index (κ3) is 4.30. The van der Waals surface area contributed by atoms with Crippen molar-refractivity contribution in [1.29, 1.82) is 0 Å². The first kappa shape index (κ1) is 15.5. The third-order valence-electron chi connectivity index (χ3n) is 3.72. The lowest BCUT2D eigenvalue weighted by Gasteiger charge is -2.22. The lowest BCUT2D eigenvalue weighted by Crippen LogP contribution is -2.40. The smallest absolute Gasteiger partial charge is 0.238 e. The van der Waals surface area contributed by atoms with E-state index in [4.69, 9.17) is 0 Å². The van der Waals surface area contributed by atoms with E-state index in [2.05, 4.69) is 38.4 Å². The molecule has 1 saturated heterocycles. The Morgan fingerprint density at radius 1 is 1.45 bits per heavy atom. The van der Waals surface area contributed by atoms with Crippen molar-refractivity contribution in [1.82, 2.24) is 10.2 Å². The van der Waals surface area contributed by atoms with Crippen molar-refractivity contribution in [3.63, 3.8) is 0 Å². The predicted octanol–water partition coefficient (Wildman–Crippen LogP) is 2.46. The zero-order chi connectivity index (χ0) is 14.4. The molecule has 0 radical (unpaired) electrons. The number of nitrogens with one attached hydrogen (secondary N) is 2. The van der Waals surface area contributed by atoms with Gasteiger partial charge in [-0.1, -0.05) is 19.1 Å². The van der Waals surface area contributed by atoms with Crippen LogP contribution in [0.4, 0.5) is 5.69 Å². The molecule has 0 bridgehead atoms. The van der Waals surface area contributed by atoms with Gasteiger partial charge in [-0.15, -0.1) is 0 Å². The van der Waals surface area contributed by atoms with Crippen molar-refractivity contribution in [2.24, 2.45) is 0 Å². The number of rotatable bonds is 6. The number of para-hydroxylation sites is 1. The normalized spacial score (nSPS) is 19.2. The minimum absolute atomic E-state index is 0.00190. The Hall–Kier alpha value is -0.910. The summed E-state index contributed by atoms with van der Waals surface area (Å²) in [5.74, 6) is -0.00190. The van der Waals surface area contributed by atoms with Gasteiger partial charge in [0.25, 0.3) is 0 Å². The molecule has 4 nitrogen and oxygen atoms in total. The molecule has 0 aromatic heterocycles. The minimum atomic E-state index is -0.00190. The highest BCUT2D eigenvalue weighted by molar-refractivity contribution is 9.10. The van der Waals surface area contributed by atoms with Crippen molar-refractivity contribution in [3.8, 4) is 0 Å². The summed E-state index contributed by atoms with van der Waals surface area (Å²) < 4.78 is 0.904. The minimum Gasteiger partial charge on any atom is -0.324 e. The highest BCUT2D eigenvalue weighted by Gasteiger charge is 2.22. The highest BCUT2D eigenvalue weighted by atomic mass is 79.9. The Labute approximate surface area is 129 Å². The summed E-state index contributed by atoms with van der Waals surface area (Å²) >= 11 is 3.42. The van der Waals surface area contributed by atoms with Gasteiger partial charge in [0.05, 0.1) is 12.2 Å². The number of carbonyl (C=O) groups excluding carboxylic acids is 1. The zero-order valence-electron chi connectivity index (χ0n) is 11.9. The van der Waals surface area contributed by atoms with E-state index in [1.165, 1.54) is 19.4 Å². The zero-order valence-corrected chi connectivity index (χ0v) is 13.4. The van der Waals surface area contributed by atoms with Gasteiger partial charge in [0.1, 0.15) is 0 Å². The first-order chi connectivity index (χ1) is 9.70. The van der Waals surface area contributed by atoms with Crippen molar-refractivity contribution in [2.45, 2.75) is 25.8 Å². The molecule has 1 fully saturated rings. The van der Waals surface area contributed by atoms with Crippen molar-refractivity contribution in [3.05, 3.63) is 28.7 Å². The molecule has 1 aliphatic rings. The van der Waals surface area contributed by atoms with E-state index in [1.54, 1.807) is 0 Å². The van der Waals surface area contributed by atoms with Crippen LogP contribution in [0.5, 0.6) is 0 Å². The van der Waals surface area contributed by atoms with E-state index in [0.717, 1.165) is 23.2 Å². The largest absolute Gasteiger partial charge is 0.324 e. The lowest BCUT2D eigenvalue weighted by atomic mass is 10.2. The Morgan fingerprint density at radius 2 is 2.25 bits per heavy atom. The predicted molar refractivity (Wildman–Crippen MR) is 85.9 cm³/mol. The summed E-state index contributed by atoms with van der Waals surface area (Å²) in [5.41, 5.74) is 0.815. The molecule has 2 N–H and O–H groups in total. The highest BCUT2D eigenvalue weighted by Crippen LogP contribution is 2.20. The van der Waals surface area contributed by atoms with Gasteiger partial charge >= 0.3 is 0 Å². The van der Waals surface area contributed by atoms with E-state index in [-0.39, 0.29) is 5.91 Å². The van der Waals surface area contributed by atoms with Gasteiger partial charge < -0.3 is 10.6 Å². The van der Waals surface area contributed by atoms with Gasteiger partial charge in [0.2, 0.25) is 5.91 Å². The molecule has 20 heavy (non-hydrogen) atoms. The quantitative estimate of drug-likeness (QED) is 0.836. The molecule has 1 aromatic rings. The monoisotopic (exact) mass is 339 g/mol. The second-order valence-corrected chi connectivity index (χ2v) is 5.94. The number of hydrogen-bond acceptors (Lipinski definition) is 3. The second kappa shape index (κ2) is 7.76. The van der Waals surface area contributed by atoms with E-state index < -0.39 is 0 Å². The Balaban J connectivity index is 1.72. The fourth-order valence-electron chi connectivity index (χ4n) is 2.65. The van der Waals surface area contributed by atoms with Crippen LogP contribution >= 0.6 is 15.9 Å². The number of likely N-dealkylation sites (N-methyl/N-ethyl adjacent to an activating group) is 1. The third-order valence-corrected chi connectivity index (χ3v) is 4.41. The Kier molecular flexibility index (Phi) is 6.01. The molecule has 5 heteroatoms. The first-order valence-corrected chi connectivity index (χ1v) is 7.99. The van der Waals surface area contributed by atoms with Crippen LogP contribution in [0, 0.1) is 0 Å². The summed E-state index contributed by atoms with van der Waals surface area (Å²) in [5, 5.41) is 6.16. The number of hydrogen-bond donors (Lipinski definition) is 2. The molecule has 0 saturated carbocycles. The van der Waals surface area contributed by atoms with Crippen LogP contribution in [0.2, 0.25) is 0 Å². The van der Waals surface area contributed by atoms with E-state index >= 15 is 0 Å². The Bertz CT molecular complexity index is 452. The topological polar surface area (TPSA) is 44.4 Å². The number of nitrogens with zero attached hydrogens (tertiary/aromatic N) is 1. The summed E-state index contributed by atoms with van der Waals surface area (Å²) in [6.45, 7) is 5.71. The summed E-state index contributed by atoms with van der Waals surface area (Å²) in [4.78, 5) is 14.4. The van der Waals surface area contributed by atoms with Crippen LogP contribution < -0.4 is 10.6 Å². The maximum atomic E-state index is 11.9. The van der Waals surface area contributed by atoms with Gasteiger partial charge in [-0.3, -0.25) is 9.69 Å². The van der Waals surface area contributed by atoms with Crippen LogP contribution in [-0.2, 0) is 4.79 Å². The van der Waals surface area contributed by atoms with E-state index in [1.807, 2.05) is 24.3 Å². The summed E-state index contributed by atoms with van der Waals surface area (Å²) in [7, 11) is 0. The Morgan fingerprint density at radius 3 is 3.00 bits per heavy atom. The molecule has 1 unspecified atom stereocenters. The standard InChI is InChI=1S/C15H22BrN3O/c1-2-19-9-5-6-12(19)10-17-11-15(20)18-14-8-4-3-7-13(14)16/h3-4,7-8,12,17H,2,5-6,9-11H2,1H3,(H,18,20). The second-order valence-electron chi connectivity index (χ2n) is 5.08. The van der Waals surface area contributed by atoms with Gasteiger partial charge in [-0.25, -0.2) is 0 Å². The molecule has 110 valence electrons. The number of anilines is 1. The average Bonchev–Trinajstić information content (AvgIpc) is 2.89. The molecule has 1 heterocycles. The molecule has 1 aliphatic heterocycles. The number of halogens is 1. The van der Waals surface area contributed by atoms with Crippen molar-refractivity contribution < 1.29 is 4.79 Å². The summed E-state index contributed by atoms with van der Waals surface area (Å²) in [6, 6.07) is 8.22. The fourth-order valence-corrected chi connectivity index (χ4v) is 3.04. The van der Waals surface area contributed by atoms with Crippen molar-refractivity contribution in [2.75, 3.05) is 31.5 Å². The van der Waals surface area contributed by atoms with Crippen molar-refractivity contribution >= 4 is 27.5 Å². The molecule has 0 spiro atoms. The lowest BCUT2D eigenvalue weighted by molar-refractivity contribution is -0.115. The van der Waals surface area contributed by atoms with Crippen LogP contribution in [0.3, 0.4) is 0 Å². The summed E-state index contributed by atoms with van der Waals surface area (Å²) in [6.07, 6.45) is 2.50. The van der Waals surface area contributed by atoms with Crippen LogP contribution in [0.25, 0.3) is 0 Å². The molecule has 2 rings (SSSR count). The number of benzene rings is 1. The molecular weight excluding hydrogens is 318 g/mol. The molecule has 1 aromatic carbocycles. The van der Waals surface area contributed by atoms with Crippen LogP contribution in [-0.4, -0.2) is 43.0 Å². The van der Waals surface area contributed by atoms with Gasteiger partial charge in [0, 0.05) is 17.1 Å². The molecule has 1 atom stereocenters. The number of amides is 1. The molecular formula is C15H22BrN3O. The SMILES string of the molecule is CCN1CCCC1CNCC(=O)Nc1ccccc1Br. The van der Waals surface area contributed by atoms with Gasteiger partial charge in [-0.05, 0) is 54.0 Å². The molecule has 0 aliphatic carbocycles. The number of likely N-dealkylation sites (tertiary alicyclic amines) is 1. The molecule has 1 amide bonds. The number of carbonyl (C=O) groups is 1. The van der Waals surface area contributed by atoms with Gasteiger partial charge in [-0.2, -0.15) is 0 Å². The van der Waals surface area contributed by atoms with Crippen LogP contribution in [0.15, 0.2) is 28.7 Å². The van der Waals surface area contributed by atoms with Gasteiger partial charge in [0.15, 0.2) is 0 Å². The van der Waals surface area contributed by atoms with Crippen LogP contribution in [0.1, 0.15) is 19.8 Å².